The van der Waals surface area contributed by atoms with Crippen molar-refractivity contribution in [3.05, 3.63) is 0 Å². The van der Waals surface area contributed by atoms with E-state index < -0.39 is 0 Å². The molecule has 0 rings (SSSR count). The minimum absolute atomic E-state index is 0.801. The molecule has 0 aliphatic carbocycles. The average molecular weight is 158 g/mol. The van der Waals surface area contributed by atoms with Crippen LogP contribution < -0.4 is 10.6 Å². The summed E-state index contributed by atoms with van der Waals surface area (Å²) in [6.45, 7) is 11.0. The summed E-state index contributed by atoms with van der Waals surface area (Å²) in [5.74, 6) is 0.801. The molecule has 2 N–H and O–H groups in total. The highest BCUT2D eigenvalue weighted by molar-refractivity contribution is 4.62. The van der Waals surface area contributed by atoms with Crippen LogP contribution in [0.15, 0.2) is 0 Å². The molecular weight excluding hydrogens is 136 g/mol. The summed E-state index contributed by atoms with van der Waals surface area (Å²) in [5.41, 5.74) is 0. The van der Waals surface area contributed by atoms with Crippen molar-refractivity contribution in [3.63, 3.8) is 0 Å². The molecule has 0 spiro atoms. The lowest BCUT2D eigenvalue weighted by atomic mass is 10.1. The van der Waals surface area contributed by atoms with Crippen molar-refractivity contribution in [2.24, 2.45) is 5.92 Å². The molecule has 2 heteroatoms. The van der Waals surface area contributed by atoms with Gasteiger partial charge in [0.05, 0.1) is 0 Å². The monoisotopic (exact) mass is 158 g/mol. The van der Waals surface area contributed by atoms with E-state index in [9.17, 15) is 0 Å². The predicted molar refractivity (Wildman–Crippen MR) is 50.9 cm³/mol. The van der Waals surface area contributed by atoms with E-state index in [4.69, 9.17) is 0 Å². The van der Waals surface area contributed by atoms with E-state index in [1.54, 1.807) is 0 Å². The lowest BCUT2D eigenvalue weighted by molar-refractivity contribution is 0.441. The SMILES string of the molecule is CCNCC(CC)CNCC. The molecule has 2 nitrogen and oxygen atoms in total. The molecule has 0 amide bonds. The molecule has 0 aromatic rings. The van der Waals surface area contributed by atoms with Gasteiger partial charge >= 0.3 is 0 Å². The Kier molecular flexibility index (Phi) is 7.96. The second-order valence-electron chi connectivity index (χ2n) is 2.89. The quantitative estimate of drug-likeness (QED) is 0.582. The predicted octanol–water partition coefficient (Wildman–Crippen LogP) is 1.23. The van der Waals surface area contributed by atoms with Gasteiger partial charge in [-0.05, 0) is 32.1 Å². The van der Waals surface area contributed by atoms with Crippen molar-refractivity contribution in [2.45, 2.75) is 27.2 Å². The summed E-state index contributed by atoms with van der Waals surface area (Å²) in [6.07, 6.45) is 1.26. The van der Waals surface area contributed by atoms with Crippen molar-refractivity contribution >= 4 is 0 Å². The maximum absolute atomic E-state index is 3.37. The Bertz CT molecular complexity index is 66.0. The topological polar surface area (TPSA) is 24.1 Å². The summed E-state index contributed by atoms with van der Waals surface area (Å²) in [4.78, 5) is 0. The van der Waals surface area contributed by atoms with E-state index in [-0.39, 0.29) is 0 Å². The van der Waals surface area contributed by atoms with Gasteiger partial charge in [0.1, 0.15) is 0 Å². The van der Waals surface area contributed by atoms with Crippen molar-refractivity contribution in [1.82, 2.24) is 10.6 Å². The Morgan fingerprint density at radius 3 is 1.64 bits per heavy atom. The zero-order valence-electron chi connectivity index (χ0n) is 8.11. The molecule has 0 aliphatic rings. The Morgan fingerprint density at radius 2 is 1.36 bits per heavy atom. The first-order chi connectivity index (χ1) is 5.35. The molecule has 0 heterocycles. The lowest BCUT2D eigenvalue weighted by Gasteiger charge is -2.14. The summed E-state index contributed by atoms with van der Waals surface area (Å²) >= 11 is 0. The largest absolute Gasteiger partial charge is 0.317 e. The van der Waals surface area contributed by atoms with Crippen molar-refractivity contribution in [3.8, 4) is 0 Å². The number of hydrogen-bond donors (Lipinski definition) is 2. The lowest BCUT2D eigenvalue weighted by Crippen LogP contribution is -2.30. The van der Waals surface area contributed by atoms with Crippen LogP contribution in [0.1, 0.15) is 27.2 Å². The Labute approximate surface area is 70.8 Å². The van der Waals surface area contributed by atoms with Crippen molar-refractivity contribution in [1.29, 1.82) is 0 Å². The van der Waals surface area contributed by atoms with Gasteiger partial charge in [-0.15, -0.1) is 0 Å². The molecule has 0 radical (unpaired) electrons. The van der Waals surface area contributed by atoms with Crippen LogP contribution in [0.25, 0.3) is 0 Å². The zero-order valence-corrected chi connectivity index (χ0v) is 8.11. The van der Waals surface area contributed by atoms with Crippen molar-refractivity contribution in [2.75, 3.05) is 26.2 Å². The van der Waals surface area contributed by atoms with Crippen LogP contribution in [-0.2, 0) is 0 Å². The minimum atomic E-state index is 0.801. The molecule has 0 saturated heterocycles. The molecule has 0 saturated carbocycles. The third-order valence-electron chi connectivity index (χ3n) is 1.94. The minimum Gasteiger partial charge on any atom is -0.317 e. The van der Waals surface area contributed by atoms with Gasteiger partial charge in [-0.2, -0.15) is 0 Å². The maximum atomic E-state index is 3.37. The van der Waals surface area contributed by atoms with Crippen LogP contribution in [0, 0.1) is 5.92 Å². The normalized spacial score (nSPS) is 10.9. The van der Waals surface area contributed by atoms with Crippen LogP contribution in [-0.4, -0.2) is 26.2 Å². The van der Waals surface area contributed by atoms with E-state index in [0.717, 1.165) is 32.1 Å². The van der Waals surface area contributed by atoms with Gasteiger partial charge in [-0.3, -0.25) is 0 Å². The van der Waals surface area contributed by atoms with Gasteiger partial charge in [-0.25, -0.2) is 0 Å². The fourth-order valence-electron chi connectivity index (χ4n) is 1.06. The second-order valence-corrected chi connectivity index (χ2v) is 2.89. The molecular formula is C9H22N2. The molecule has 68 valence electrons. The number of nitrogens with one attached hydrogen (secondary N) is 2. The van der Waals surface area contributed by atoms with Crippen LogP contribution in [0.5, 0.6) is 0 Å². The number of rotatable bonds is 7. The van der Waals surface area contributed by atoms with Gasteiger partial charge in [0.25, 0.3) is 0 Å². The third kappa shape index (κ3) is 6.32. The van der Waals surface area contributed by atoms with Crippen molar-refractivity contribution < 1.29 is 0 Å². The molecule has 0 atom stereocenters. The highest BCUT2D eigenvalue weighted by Crippen LogP contribution is 1.97. The maximum Gasteiger partial charge on any atom is -0.000860 e. The highest BCUT2D eigenvalue weighted by atomic mass is 14.9. The van der Waals surface area contributed by atoms with Gasteiger partial charge in [0.2, 0.25) is 0 Å². The van der Waals surface area contributed by atoms with Crippen LogP contribution in [0.4, 0.5) is 0 Å². The molecule has 0 aromatic heterocycles. The average Bonchev–Trinajstić information content (AvgIpc) is 2.05. The van der Waals surface area contributed by atoms with Gasteiger partial charge in [0.15, 0.2) is 0 Å². The smallest absolute Gasteiger partial charge is 0.000860 e. The van der Waals surface area contributed by atoms with Gasteiger partial charge < -0.3 is 10.6 Å². The first kappa shape index (κ1) is 10.9. The zero-order chi connectivity index (χ0) is 8.53. The first-order valence-corrected chi connectivity index (χ1v) is 4.76. The van der Waals surface area contributed by atoms with E-state index in [2.05, 4.69) is 31.4 Å². The highest BCUT2D eigenvalue weighted by Gasteiger charge is 2.02. The van der Waals surface area contributed by atoms with E-state index in [0.29, 0.717) is 0 Å². The summed E-state index contributed by atoms with van der Waals surface area (Å²) < 4.78 is 0. The number of hydrogen-bond acceptors (Lipinski definition) is 2. The Balaban J connectivity index is 3.25. The van der Waals surface area contributed by atoms with Crippen LogP contribution in [0.3, 0.4) is 0 Å². The fraction of sp³-hybridized carbons (Fsp3) is 1.00. The summed E-state index contributed by atoms with van der Waals surface area (Å²) in [5, 5.41) is 6.74. The molecule has 0 aromatic carbocycles. The Hall–Kier alpha value is -0.0800. The molecule has 0 aliphatic heterocycles. The fourth-order valence-corrected chi connectivity index (χ4v) is 1.06. The molecule has 0 fully saturated rings. The first-order valence-electron chi connectivity index (χ1n) is 4.76. The van der Waals surface area contributed by atoms with E-state index in [1.165, 1.54) is 6.42 Å². The van der Waals surface area contributed by atoms with Gasteiger partial charge in [0, 0.05) is 0 Å². The van der Waals surface area contributed by atoms with E-state index >= 15 is 0 Å². The van der Waals surface area contributed by atoms with Crippen LogP contribution in [0.2, 0.25) is 0 Å². The molecule has 0 unspecified atom stereocenters. The van der Waals surface area contributed by atoms with Gasteiger partial charge in [-0.1, -0.05) is 27.2 Å². The molecule has 0 bridgehead atoms. The third-order valence-corrected chi connectivity index (χ3v) is 1.94. The summed E-state index contributed by atoms with van der Waals surface area (Å²) in [6, 6.07) is 0. The summed E-state index contributed by atoms with van der Waals surface area (Å²) in [7, 11) is 0. The second kappa shape index (κ2) is 8.02. The van der Waals surface area contributed by atoms with E-state index in [1.807, 2.05) is 0 Å². The molecule has 11 heavy (non-hydrogen) atoms. The standard InChI is InChI=1S/C9H22N2/c1-4-9(7-10-5-2)8-11-6-3/h9-11H,4-8H2,1-3H3. The Morgan fingerprint density at radius 1 is 0.909 bits per heavy atom. The van der Waals surface area contributed by atoms with Crippen LogP contribution >= 0.6 is 0 Å².